The number of thiol groups is 1. The molecule has 29 heavy (non-hydrogen) atoms. The summed E-state index contributed by atoms with van der Waals surface area (Å²) in [5.74, 6) is -6.40. The number of ether oxygens (including phenoxy) is 6. The Hall–Kier alpha value is -2.83. The first-order chi connectivity index (χ1) is 13.4. The van der Waals surface area contributed by atoms with Gasteiger partial charge >= 0.3 is 48.8 Å². The van der Waals surface area contributed by atoms with Crippen molar-refractivity contribution < 1.29 is 57.2 Å². The van der Waals surface area contributed by atoms with E-state index in [1.165, 1.54) is 0 Å². The van der Waals surface area contributed by atoms with E-state index in [9.17, 15) is 28.8 Å². The fraction of sp³-hybridized carbons (Fsp3) is 0.625. The molecule has 0 spiro atoms. The highest BCUT2D eigenvalue weighted by Crippen LogP contribution is 2.15. The summed E-state index contributed by atoms with van der Waals surface area (Å²) < 4.78 is 27.6. The number of esters is 6. The van der Waals surface area contributed by atoms with Crippen LogP contribution in [-0.4, -0.2) is 54.5 Å². The van der Waals surface area contributed by atoms with E-state index in [0.717, 1.165) is 27.7 Å². The average molecular weight is 438 g/mol. The van der Waals surface area contributed by atoms with E-state index in [-0.39, 0.29) is 18.6 Å². The Kier molecular flexibility index (Phi) is 12.1. The van der Waals surface area contributed by atoms with Gasteiger partial charge < -0.3 is 28.4 Å². The van der Waals surface area contributed by atoms with Gasteiger partial charge in [0.1, 0.15) is 0 Å². The second-order valence-corrected chi connectivity index (χ2v) is 5.73. The lowest BCUT2D eigenvalue weighted by Crippen LogP contribution is -2.32. The van der Waals surface area contributed by atoms with Gasteiger partial charge in [0.15, 0.2) is 0 Å². The maximum absolute atomic E-state index is 12.1. The SMILES string of the molecule is CC(=O)OC(OC(C)=O)OC(=O)CCC(CS)C(=O)OC(OC(C)=O)OC(C)=O. The molecule has 0 aliphatic heterocycles. The number of carbonyl (C=O) groups is 6. The summed E-state index contributed by atoms with van der Waals surface area (Å²) in [6.07, 6.45) is -0.508. The quantitative estimate of drug-likeness (QED) is 0.266. The first kappa shape index (κ1) is 26.2. The van der Waals surface area contributed by atoms with Gasteiger partial charge in [0.2, 0.25) is 0 Å². The maximum Gasteiger partial charge on any atom is 0.412 e. The molecule has 0 aliphatic rings. The van der Waals surface area contributed by atoms with Gasteiger partial charge in [0.25, 0.3) is 0 Å². The lowest BCUT2D eigenvalue weighted by Gasteiger charge is -2.20. The Morgan fingerprint density at radius 3 is 1.38 bits per heavy atom. The Bertz CT molecular complexity index is 599. The number of rotatable bonds is 11. The Morgan fingerprint density at radius 2 is 1.03 bits per heavy atom. The maximum atomic E-state index is 12.1. The van der Waals surface area contributed by atoms with E-state index in [2.05, 4.69) is 31.6 Å². The molecule has 0 bridgehead atoms. The minimum atomic E-state index is -1.89. The van der Waals surface area contributed by atoms with Crippen LogP contribution in [0.5, 0.6) is 0 Å². The second kappa shape index (κ2) is 13.4. The van der Waals surface area contributed by atoms with E-state index < -0.39 is 54.7 Å². The predicted octanol–water partition coefficient (Wildman–Crippen LogP) is 0.219. The minimum absolute atomic E-state index is 0.0731. The molecule has 0 N–H and O–H groups in total. The summed E-state index contributed by atoms with van der Waals surface area (Å²) >= 11 is 3.97. The third-order valence-electron chi connectivity index (χ3n) is 2.74. The molecule has 13 heteroatoms. The van der Waals surface area contributed by atoms with Crippen LogP contribution in [0.15, 0.2) is 0 Å². The van der Waals surface area contributed by atoms with Crippen LogP contribution in [-0.2, 0) is 57.2 Å². The number of carbonyl (C=O) groups excluding carboxylic acids is 6. The largest absolute Gasteiger partial charge is 0.412 e. The van der Waals surface area contributed by atoms with Crippen molar-refractivity contribution in [3.05, 3.63) is 0 Å². The molecule has 1 atom stereocenters. The molecule has 0 saturated heterocycles. The van der Waals surface area contributed by atoms with Gasteiger partial charge in [-0.25, -0.2) is 0 Å². The van der Waals surface area contributed by atoms with Crippen molar-refractivity contribution in [3.8, 4) is 0 Å². The monoisotopic (exact) mass is 438 g/mol. The molecule has 0 fully saturated rings. The molecule has 0 saturated carbocycles. The van der Waals surface area contributed by atoms with Crippen molar-refractivity contribution in [2.75, 3.05) is 5.75 Å². The first-order valence-electron chi connectivity index (χ1n) is 8.14. The van der Waals surface area contributed by atoms with Crippen molar-refractivity contribution in [1.29, 1.82) is 0 Å². The standard InChI is InChI=1S/C16H22O12S/c1-8(17)23-15(24-9(2)18)27-13(21)6-5-12(7-29)14(22)28-16(25-10(3)19)26-11(4)20/h12,15-16,29H,5-7H2,1-4H3. The zero-order valence-electron chi connectivity index (χ0n) is 16.2. The summed E-state index contributed by atoms with van der Waals surface area (Å²) in [4.78, 5) is 67.8. The van der Waals surface area contributed by atoms with E-state index in [0.29, 0.717) is 0 Å². The topological polar surface area (TPSA) is 158 Å². The zero-order valence-corrected chi connectivity index (χ0v) is 17.1. The van der Waals surface area contributed by atoms with Crippen LogP contribution in [0.1, 0.15) is 40.5 Å². The van der Waals surface area contributed by atoms with Crippen LogP contribution in [0.25, 0.3) is 0 Å². The summed E-state index contributed by atoms with van der Waals surface area (Å²) in [7, 11) is 0. The Balaban J connectivity index is 4.78. The Morgan fingerprint density at radius 1 is 0.655 bits per heavy atom. The highest BCUT2D eigenvalue weighted by Gasteiger charge is 2.28. The molecule has 0 aromatic rings. The molecular formula is C16H22O12S. The van der Waals surface area contributed by atoms with Crippen LogP contribution in [0.4, 0.5) is 0 Å². The molecule has 0 amide bonds. The van der Waals surface area contributed by atoms with Gasteiger partial charge in [0, 0.05) is 39.9 Å². The van der Waals surface area contributed by atoms with Gasteiger partial charge in [-0.15, -0.1) is 0 Å². The van der Waals surface area contributed by atoms with Crippen molar-refractivity contribution >= 4 is 48.4 Å². The molecule has 12 nitrogen and oxygen atoms in total. The summed E-state index contributed by atoms with van der Waals surface area (Å²) in [6.45, 7) is 0.304. The number of hydrogen-bond donors (Lipinski definition) is 1. The second-order valence-electron chi connectivity index (χ2n) is 5.36. The summed E-state index contributed by atoms with van der Waals surface area (Å²) in [6, 6.07) is 0. The summed E-state index contributed by atoms with van der Waals surface area (Å²) in [5.41, 5.74) is 0. The molecule has 1 unspecified atom stereocenters. The Labute approximate surface area is 171 Å². The van der Waals surface area contributed by atoms with Crippen LogP contribution >= 0.6 is 12.6 Å². The van der Waals surface area contributed by atoms with Gasteiger partial charge in [0.05, 0.1) is 5.92 Å². The fourth-order valence-electron chi connectivity index (χ4n) is 1.62. The molecule has 0 rings (SSSR count). The van der Waals surface area contributed by atoms with Crippen molar-refractivity contribution in [2.24, 2.45) is 5.92 Å². The normalized spacial score (nSPS) is 11.3. The van der Waals surface area contributed by atoms with Gasteiger partial charge in [-0.05, 0) is 6.42 Å². The summed E-state index contributed by atoms with van der Waals surface area (Å²) in [5, 5.41) is 0. The average Bonchev–Trinajstić information content (AvgIpc) is 2.52. The van der Waals surface area contributed by atoms with Crippen LogP contribution in [0.3, 0.4) is 0 Å². The van der Waals surface area contributed by atoms with Crippen LogP contribution < -0.4 is 0 Å². The molecule has 0 aromatic heterocycles. The highest BCUT2D eigenvalue weighted by molar-refractivity contribution is 7.80. The third-order valence-corrected chi connectivity index (χ3v) is 3.18. The molecule has 0 aliphatic carbocycles. The number of hydrogen-bond acceptors (Lipinski definition) is 13. The van der Waals surface area contributed by atoms with E-state index in [1.54, 1.807) is 0 Å². The van der Waals surface area contributed by atoms with Crippen LogP contribution in [0, 0.1) is 5.92 Å². The molecule has 0 radical (unpaired) electrons. The van der Waals surface area contributed by atoms with Crippen LogP contribution in [0.2, 0.25) is 0 Å². The fourth-order valence-corrected chi connectivity index (χ4v) is 1.95. The molecular weight excluding hydrogens is 416 g/mol. The first-order valence-corrected chi connectivity index (χ1v) is 8.77. The van der Waals surface area contributed by atoms with Gasteiger partial charge in [-0.3, -0.25) is 28.8 Å². The van der Waals surface area contributed by atoms with Crippen molar-refractivity contribution in [2.45, 2.75) is 53.5 Å². The van der Waals surface area contributed by atoms with Crippen molar-refractivity contribution in [1.82, 2.24) is 0 Å². The van der Waals surface area contributed by atoms with Crippen molar-refractivity contribution in [3.63, 3.8) is 0 Å². The van der Waals surface area contributed by atoms with E-state index >= 15 is 0 Å². The minimum Gasteiger partial charge on any atom is -0.391 e. The van der Waals surface area contributed by atoms with E-state index in [1.807, 2.05) is 0 Å². The van der Waals surface area contributed by atoms with E-state index in [4.69, 9.17) is 9.47 Å². The smallest absolute Gasteiger partial charge is 0.391 e. The zero-order chi connectivity index (χ0) is 22.6. The third kappa shape index (κ3) is 13.1. The lowest BCUT2D eigenvalue weighted by atomic mass is 10.1. The molecule has 164 valence electrons. The molecule has 0 aromatic carbocycles. The lowest BCUT2D eigenvalue weighted by molar-refractivity contribution is -0.258. The highest BCUT2D eigenvalue weighted by atomic mass is 32.1. The predicted molar refractivity (Wildman–Crippen MR) is 93.4 cm³/mol. The van der Waals surface area contributed by atoms with Gasteiger partial charge in [-0.1, -0.05) is 0 Å². The molecule has 0 heterocycles. The van der Waals surface area contributed by atoms with Gasteiger partial charge in [-0.2, -0.15) is 12.6 Å².